The SMILES string of the molecule is CN=C(NCCCn1nc(C)cc1C)NCC1(N2CCCCC2)CCN(C)CC1. The van der Waals surface area contributed by atoms with E-state index in [1.807, 2.05) is 7.05 Å². The lowest BCUT2D eigenvalue weighted by molar-refractivity contribution is 0.0173. The molecule has 1 aromatic rings. The van der Waals surface area contributed by atoms with E-state index in [-0.39, 0.29) is 5.54 Å². The van der Waals surface area contributed by atoms with E-state index in [9.17, 15) is 0 Å². The summed E-state index contributed by atoms with van der Waals surface area (Å²) in [6.07, 6.45) is 7.59. The van der Waals surface area contributed by atoms with Gasteiger partial charge in [0.15, 0.2) is 5.96 Å². The van der Waals surface area contributed by atoms with Crippen molar-refractivity contribution in [3.05, 3.63) is 17.5 Å². The van der Waals surface area contributed by atoms with Gasteiger partial charge >= 0.3 is 0 Å². The van der Waals surface area contributed by atoms with E-state index in [0.29, 0.717) is 0 Å². The number of likely N-dealkylation sites (tertiary alicyclic amines) is 2. The number of aliphatic imine (C=N–C) groups is 1. The zero-order chi connectivity index (χ0) is 20.7. The van der Waals surface area contributed by atoms with Crippen LogP contribution in [-0.4, -0.2) is 84.4 Å². The van der Waals surface area contributed by atoms with Crippen molar-refractivity contribution in [2.24, 2.45) is 4.99 Å². The third-order valence-electron chi connectivity index (χ3n) is 6.70. The van der Waals surface area contributed by atoms with Gasteiger partial charge in [-0.15, -0.1) is 0 Å². The zero-order valence-electron chi connectivity index (χ0n) is 19.0. The molecule has 0 aliphatic carbocycles. The quantitative estimate of drug-likeness (QED) is 0.414. The number of aromatic nitrogens is 2. The Kier molecular flexibility index (Phi) is 7.95. The first kappa shape index (κ1) is 22.1. The number of hydrogen-bond donors (Lipinski definition) is 2. The van der Waals surface area contributed by atoms with Crippen LogP contribution in [0.25, 0.3) is 0 Å². The van der Waals surface area contributed by atoms with Gasteiger partial charge in [-0.25, -0.2) is 0 Å². The van der Waals surface area contributed by atoms with E-state index in [2.05, 4.69) is 62.2 Å². The first-order chi connectivity index (χ1) is 14.0. The minimum atomic E-state index is 0.272. The average Bonchev–Trinajstić information content (AvgIpc) is 3.06. The second-order valence-corrected chi connectivity index (χ2v) is 8.93. The van der Waals surface area contributed by atoms with Crippen LogP contribution in [0.5, 0.6) is 0 Å². The van der Waals surface area contributed by atoms with E-state index in [0.717, 1.165) is 37.7 Å². The average molecular weight is 404 g/mol. The number of nitrogens with one attached hydrogen (secondary N) is 2. The fourth-order valence-corrected chi connectivity index (χ4v) is 4.81. The molecule has 0 unspecified atom stereocenters. The van der Waals surface area contributed by atoms with Gasteiger partial charge in [-0.3, -0.25) is 14.6 Å². The number of aryl methyl sites for hydroxylation is 3. The normalized spacial score (nSPS) is 21.3. The minimum Gasteiger partial charge on any atom is -0.356 e. The van der Waals surface area contributed by atoms with Crippen molar-refractivity contribution in [2.75, 3.05) is 53.4 Å². The summed E-state index contributed by atoms with van der Waals surface area (Å²) in [5.74, 6) is 0.925. The molecule has 0 spiro atoms. The molecule has 1 aromatic heterocycles. The van der Waals surface area contributed by atoms with Crippen LogP contribution in [0, 0.1) is 13.8 Å². The molecule has 29 heavy (non-hydrogen) atoms. The molecule has 2 aliphatic rings. The third-order valence-corrected chi connectivity index (χ3v) is 6.70. The summed E-state index contributed by atoms with van der Waals surface area (Å²) >= 11 is 0. The fourth-order valence-electron chi connectivity index (χ4n) is 4.81. The fraction of sp³-hybridized carbons (Fsp3) is 0.818. The third kappa shape index (κ3) is 5.95. The standard InChI is InChI=1S/C22H41N7/c1-19-17-20(2)29(26-19)14-8-11-24-21(23-3)25-18-22(9-15-27(4)16-10-22)28-12-6-5-7-13-28/h17H,5-16,18H2,1-4H3,(H2,23,24,25). The van der Waals surface area contributed by atoms with Crippen molar-refractivity contribution >= 4 is 5.96 Å². The van der Waals surface area contributed by atoms with E-state index in [1.165, 1.54) is 64.0 Å². The molecule has 7 nitrogen and oxygen atoms in total. The smallest absolute Gasteiger partial charge is 0.191 e. The molecule has 0 saturated carbocycles. The molecule has 0 radical (unpaired) electrons. The van der Waals surface area contributed by atoms with E-state index in [4.69, 9.17) is 0 Å². The molecule has 0 bridgehead atoms. The molecule has 164 valence electrons. The van der Waals surface area contributed by atoms with Crippen molar-refractivity contribution < 1.29 is 0 Å². The molecular weight excluding hydrogens is 362 g/mol. The van der Waals surface area contributed by atoms with E-state index in [1.54, 1.807) is 0 Å². The Morgan fingerprint density at radius 1 is 1.10 bits per heavy atom. The Bertz CT molecular complexity index is 652. The van der Waals surface area contributed by atoms with Gasteiger partial charge in [0.25, 0.3) is 0 Å². The van der Waals surface area contributed by atoms with Gasteiger partial charge in [0.05, 0.1) is 5.69 Å². The predicted octanol–water partition coefficient (Wildman–Crippen LogP) is 2.01. The van der Waals surface area contributed by atoms with Gasteiger partial charge < -0.3 is 15.5 Å². The van der Waals surface area contributed by atoms with Crippen molar-refractivity contribution in [2.45, 2.75) is 64.5 Å². The number of rotatable bonds is 7. The number of piperidine rings is 2. The molecule has 2 fully saturated rings. The highest BCUT2D eigenvalue weighted by molar-refractivity contribution is 5.79. The molecule has 3 heterocycles. The molecule has 2 aliphatic heterocycles. The lowest BCUT2D eigenvalue weighted by atomic mass is 9.84. The first-order valence-corrected chi connectivity index (χ1v) is 11.4. The highest BCUT2D eigenvalue weighted by Gasteiger charge is 2.39. The molecule has 0 amide bonds. The van der Waals surface area contributed by atoms with E-state index >= 15 is 0 Å². The Morgan fingerprint density at radius 2 is 1.83 bits per heavy atom. The van der Waals surface area contributed by atoms with Gasteiger partial charge in [0, 0.05) is 37.9 Å². The van der Waals surface area contributed by atoms with Crippen LogP contribution in [0.3, 0.4) is 0 Å². The molecule has 2 N–H and O–H groups in total. The Hall–Kier alpha value is -1.60. The lowest BCUT2D eigenvalue weighted by Gasteiger charge is -2.50. The van der Waals surface area contributed by atoms with Crippen molar-refractivity contribution in [1.29, 1.82) is 0 Å². The van der Waals surface area contributed by atoms with Gasteiger partial charge in [-0.2, -0.15) is 5.10 Å². The van der Waals surface area contributed by atoms with Gasteiger partial charge in [0.1, 0.15) is 0 Å². The summed E-state index contributed by atoms with van der Waals surface area (Å²) < 4.78 is 2.09. The molecule has 3 rings (SSSR count). The van der Waals surface area contributed by atoms with E-state index < -0.39 is 0 Å². The highest BCUT2D eigenvalue weighted by Crippen LogP contribution is 2.30. The van der Waals surface area contributed by atoms with Gasteiger partial charge in [-0.05, 0) is 85.2 Å². The lowest BCUT2D eigenvalue weighted by Crippen LogP contribution is -2.62. The maximum Gasteiger partial charge on any atom is 0.191 e. The molecule has 0 aromatic carbocycles. The maximum atomic E-state index is 4.55. The van der Waals surface area contributed by atoms with Crippen molar-refractivity contribution in [1.82, 2.24) is 30.2 Å². The molecule has 2 saturated heterocycles. The van der Waals surface area contributed by atoms with Crippen LogP contribution in [-0.2, 0) is 6.54 Å². The van der Waals surface area contributed by atoms with Crippen LogP contribution < -0.4 is 10.6 Å². The van der Waals surface area contributed by atoms with Crippen LogP contribution in [0.2, 0.25) is 0 Å². The van der Waals surface area contributed by atoms with Crippen LogP contribution in [0.4, 0.5) is 0 Å². The largest absolute Gasteiger partial charge is 0.356 e. The summed E-state index contributed by atoms with van der Waals surface area (Å²) in [5.41, 5.74) is 2.60. The van der Waals surface area contributed by atoms with Gasteiger partial charge in [0.2, 0.25) is 0 Å². The highest BCUT2D eigenvalue weighted by atomic mass is 15.3. The van der Waals surface area contributed by atoms with Crippen LogP contribution >= 0.6 is 0 Å². The van der Waals surface area contributed by atoms with Crippen molar-refractivity contribution in [3.8, 4) is 0 Å². The van der Waals surface area contributed by atoms with Crippen LogP contribution in [0.1, 0.15) is 49.9 Å². The topological polar surface area (TPSA) is 60.7 Å². The predicted molar refractivity (Wildman–Crippen MR) is 121 cm³/mol. The monoisotopic (exact) mass is 403 g/mol. The Morgan fingerprint density at radius 3 is 2.45 bits per heavy atom. The molecular formula is C22H41N7. The summed E-state index contributed by atoms with van der Waals surface area (Å²) in [6, 6.07) is 2.13. The maximum absolute atomic E-state index is 4.55. The summed E-state index contributed by atoms with van der Waals surface area (Å²) in [5, 5.41) is 11.7. The summed E-state index contributed by atoms with van der Waals surface area (Å²) in [4.78, 5) is 9.71. The number of guanidine groups is 1. The summed E-state index contributed by atoms with van der Waals surface area (Å²) in [6.45, 7) is 11.9. The zero-order valence-corrected chi connectivity index (χ0v) is 19.0. The second kappa shape index (κ2) is 10.4. The number of hydrogen-bond acceptors (Lipinski definition) is 4. The van der Waals surface area contributed by atoms with Gasteiger partial charge in [-0.1, -0.05) is 6.42 Å². The Labute approximate surface area is 176 Å². The first-order valence-electron chi connectivity index (χ1n) is 11.4. The summed E-state index contributed by atoms with van der Waals surface area (Å²) in [7, 11) is 4.12. The second-order valence-electron chi connectivity index (χ2n) is 8.93. The molecule has 0 atom stereocenters. The Balaban J connectivity index is 1.48. The van der Waals surface area contributed by atoms with Crippen molar-refractivity contribution in [3.63, 3.8) is 0 Å². The molecule has 7 heteroatoms. The number of nitrogens with zero attached hydrogens (tertiary/aromatic N) is 5. The van der Waals surface area contributed by atoms with Crippen LogP contribution in [0.15, 0.2) is 11.1 Å². The minimum absolute atomic E-state index is 0.272.